The van der Waals surface area contributed by atoms with Crippen LogP contribution in [-0.4, -0.2) is 17.3 Å². The lowest BCUT2D eigenvalue weighted by Crippen LogP contribution is -1.99. The number of halogens is 3. The van der Waals surface area contributed by atoms with E-state index in [1.54, 1.807) is 0 Å². The standard InChI is InChI=1S/C5H5Cl3N2O/c1-11-4-2-3(9-10-4)5(6,7)8/h2H,1H3,(H,9,10). The lowest BCUT2D eigenvalue weighted by molar-refractivity contribution is 0.397. The predicted octanol–water partition coefficient (Wildman–Crippen LogP) is 2.25. The molecule has 0 aliphatic heterocycles. The molecule has 0 atom stereocenters. The molecule has 1 heterocycles. The summed E-state index contributed by atoms with van der Waals surface area (Å²) in [4.78, 5) is 0. The summed E-state index contributed by atoms with van der Waals surface area (Å²) in [5.41, 5.74) is 0.388. The molecule has 0 bridgehead atoms. The van der Waals surface area contributed by atoms with Crippen LogP contribution in [0.2, 0.25) is 0 Å². The van der Waals surface area contributed by atoms with Crippen LogP contribution >= 0.6 is 34.8 Å². The van der Waals surface area contributed by atoms with Crippen LogP contribution in [0.5, 0.6) is 5.88 Å². The summed E-state index contributed by atoms with van der Waals surface area (Å²) >= 11 is 16.6. The lowest BCUT2D eigenvalue weighted by Gasteiger charge is -2.05. The summed E-state index contributed by atoms with van der Waals surface area (Å²) in [5.74, 6) is 0.395. The summed E-state index contributed by atoms with van der Waals surface area (Å²) in [6.07, 6.45) is 0. The molecule has 0 aliphatic rings. The Kier molecular flexibility index (Phi) is 2.52. The minimum absolute atomic E-state index is 0.388. The first kappa shape index (κ1) is 8.97. The molecule has 0 aromatic carbocycles. The van der Waals surface area contributed by atoms with Gasteiger partial charge in [0.05, 0.1) is 12.8 Å². The Hall–Kier alpha value is -0.120. The van der Waals surface area contributed by atoms with Crippen molar-refractivity contribution < 1.29 is 4.74 Å². The minimum atomic E-state index is -1.47. The third-order valence-electron chi connectivity index (χ3n) is 1.07. The second-order valence-electron chi connectivity index (χ2n) is 1.82. The molecule has 62 valence electrons. The van der Waals surface area contributed by atoms with Gasteiger partial charge in [-0.25, -0.2) is 0 Å². The van der Waals surface area contributed by atoms with E-state index >= 15 is 0 Å². The molecule has 0 saturated carbocycles. The van der Waals surface area contributed by atoms with Gasteiger partial charge in [-0.15, -0.1) is 5.10 Å². The van der Waals surface area contributed by atoms with E-state index in [1.165, 1.54) is 13.2 Å². The molecule has 0 aliphatic carbocycles. The van der Waals surface area contributed by atoms with Gasteiger partial charge in [0.2, 0.25) is 9.67 Å². The number of nitrogens with one attached hydrogen (secondary N) is 1. The van der Waals surface area contributed by atoms with Crippen molar-refractivity contribution in [3.8, 4) is 5.88 Å². The minimum Gasteiger partial charge on any atom is -0.480 e. The summed E-state index contributed by atoms with van der Waals surface area (Å²) in [7, 11) is 1.48. The Labute approximate surface area is 78.6 Å². The first-order chi connectivity index (χ1) is 5.04. The monoisotopic (exact) mass is 214 g/mol. The van der Waals surface area contributed by atoms with Crippen molar-refractivity contribution in [1.29, 1.82) is 0 Å². The van der Waals surface area contributed by atoms with Crippen molar-refractivity contribution in [2.24, 2.45) is 0 Å². The Morgan fingerprint density at radius 3 is 2.45 bits per heavy atom. The zero-order valence-electron chi connectivity index (χ0n) is 5.57. The number of aromatic nitrogens is 2. The first-order valence-electron chi connectivity index (χ1n) is 2.70. The third kappa shape index (κ3) is 2.15. The van der Waals surface area contributed by atoms with E-state index < -0.39 is 3.79 Å². The van der Waals surface area contributed by atoms with Gasteiger partial charge in [-0.05, 0) is 0 Å². The Morgan fingerprint density at radius 1 is 1.55 bits per heavy atom. The number of hydrogen-bond acceptors (Lipinski definition) is 2. The highest BCUT2D eigenvalue weighted by atomic mass is 35.6. The number of ether oxygens (including phenoxy) is 1. The van der Waals surface area contributed by atoms with Gasteiger partial charge in [-0.1, -0.05) is 34.8 Å². The van der Waals surface area contributed by atoms with Crippen molar-refractivity contribution in [3.05, 3.63) is 11.8 Å². The quantitative estimate of drug-likeness (QED) is 0.730. The topological polar surface area (TPSA) is 37.9 Å². The molecule has 0 spiro atoms. The van der Waals surface area contributed by atoms with Crippen LogP contribution in [0.1, 0.15) is 5.69 Å². The number of alkyl halides is 3. The highest BCUT2D eigenvalue weighted by Crippen LogP contribution is 2.37. The zero-order valence-corrected chi connectivity index (χ0v) is 7.83. The van der Waals surface area contributed by atoms with Crippen LogP contribution in [0.4, 0.5) is 0 Å². The summed E-state index contributed by atoms with van der Waals surface area (Å²) in [5, 5.41) is 6.23. The summed E-state index contributed by atoms with van der Waals surface area (Å²) in [6.45, 7) is 0. The van der Waals surface area contributed by atoms with Gasteiger partial charge in [0.25, 0.3) is 0 Å². The molecule has 1 N–H and O–H groups in total. The van der Waals surface area contributed by atoms with Gasteiger partial charge in [0, 0.05) is 6.07 Å². The normalized spacial score (nSPS) is 11.6. The first-order valence-corrected chi connectivity index (χ1v) is 3.84. The highest BCUT2D eigenvalue weighted by Gasteiger charge is 2.25. The predicted molar refractivity (Wildman–Crippen MR) is 44.4 cm³/mol. The average molecular weight is 215 g/mol. The van der Waals surface area contributed by atoms with Crippen LogP contribution < -0.4 is 4.74 Å². The van der Waals surface area contributed by atoms with Gasteiger partial charge in [0.15, 0.2) is 0 Å². The maximum atomic E-state index is 5.53. The van der Waals surface area contributed by atoms with E-state index in [0.29, 0.717) is 11.6 Å². The summed E-state index contributed by atoms with van der Waals surface area (Å²) in [6, 6.07) is 1.52. The van der Waals surface area contributed by atoms with Crippen molar-refractivity contribution in [1.82, 2.24) is 10.2 Å². The van der Waals surface area contributed by atoms with Crippen LogP contribution in [0.15, 0.2) is 6.07 Å². The lowest BCUT2D eigenvalue weighted by atomic mass is 10.5. The largest absolute Gasteiger partial charge is 0.480 e. The number of H-pyrrole nitrogens is 1. The average Bonchev–Trinajstić information content (AvgIpc) is 2.32. The Balaban J connectivity index is 2.89. The second-order valence-corrected chi connectivity index (χ2v) is 4.10. The van der Waals surface area contributed by atoms with Gasteiger partial charge in [-0.2, -0.15) is 0 Å². The van der Waals surface area contributed by atoms with Gasteiger partial charge < -0.3 is 4.74 Å². The molecular weight excluding hydrogens is 210 g/mol. The van der Waals surface area contributed by atoms with Gasteiger partial charge >= 0.3 is 0 Å². The number of hydrogen-bond donors (Lipinski definition) is 1. The molecule has 11 heavy (non-hydrogen) atoms. The Morgan fingerprint density at radius 2 is 2.18 bits per heavy atom. The van der Waals surface area contributed by atoms with Crippen LogP contribution in [0, 0.1) is 0 Å². The number of methoxy groups -OCH3 is 1. The second kappa shape index (κ2) is 3.09. The van der Waals surface area contributed by atoms with E-state index in [1.807, 2.05) is 0 Å². The van der Waals surface area contributed by atoms with Gasteiger partial charge in [0.1, 0.15) is 0 Å². The maximum Gasteiger partial charge on any atom is 0.232 e. The zero-order chi connectivity index (χ0) is 8.48. The van der Waals surface area contributed by atoms with E-state index in [9.17, 15) is 0 Å². The van der Waals surface area contributed by atoms with E-state index in [4.69, 9.17) is 39.5 Å². The van der Waals surface area contributed by atoms with Crippen LogP contribution in [0.3, 0.4) is 0 Å². The molecule has 0 radical (unpaired) electrons. The van der Waals surface area contributed by atoms with Crippen LogP contribution in [-0.2, 0) is 3.79 Å². The Bertz CT molecular complexity index is 242. The van der Waals surface area contributed by atoms with Gasteiger partial charge in [-0.3, -0.25) is 5.10 Å². The SMILES string of the molecule is COc1cc(C(Cl)(Cl)Cl)[nH]n1. The summed E-state index contributed by atoms with van der Waals surface area (Å²) < 4.78 is 3.30. The molecule has 0 unspecified atom stereocenters. The molecule has 0 saturated heterocycles. The van der Waals surface area contributed by atoms with Crippen molar-refractivity contribution in [2.45, 2.75) is 3.79 Å². The van der Waals surface area contributed by atoms with Crippen molar-refractivity contribution in [2.75, 3.05) is 7.11 Å². The molecule has 0 fully saturated rings. The molecule has 1 aromatic heterocycles. The third-order valence-corrected chi connectivity index (χ3v) is 1.68. The smallest absolute Gasteiger partial charge is 0.232 e. The van der Waals surface area contributed by atoms with E-state index in [2.05, 4.69) is 10.2 Å². The van der Waals surface area contributed by atoms with E-state index in [-0.39, 0.29) is 0 Å². The molecule has 1 aromatic rings. The molecule has 6 heteroatoms. The maximum absolute atomic E-state index is 5.53. The highest BCUT2D eigenvalue weighted by molar-refractivity contribution is 6.66. The van der Waals surface area contributed by atoms with Crippen molar-refractivity contribution >= 4 is 34.8 Å². The van der Waals surface area contributed by atoms with Crippen molar-refractivity contribution in [3.63, 3.8) is 0 Å². The van der Waals surface area contributed by atoms with E-state index in [0.717, 1.165) is 0 Å². The molecule has 0 amide bonds. The molecule has 3 nitrogen and oxygen atoms in total. The number of nitrogens with zero attached hydrogens (tertiary/aromatic N) is 1. The molecule has 1 rings (SSSR count). The fourth-order valence-electron chi connectivity index (χ4n) is 0.553. The number of rotatable bonds is 1. The van der Waals surface area contributed by atoms with Crippen LogP contribution in [0.25, 0.3) is 0 Å². The molecular formula is C5H5Cl3N2O. The number of aromatic amines is 1. The fraction of sp³-hybridized carbons (Fsp3) is 0.400. The fourth-order valence-corrected chi connectivity index (χ4v) is 0.844.